The zero-order valence-corrected chi connectivity index (χ0v) is 11.9. The van der Waals surface area contributed by atoms with Gasteiger partial charge in [-0.15, -0.1) is 5.10 Å². The van der Waals surface area contributed by atoms with Crippen LogP contribution in [0.25, 0.3) is 0 Å². The van der Waals surface area contributed by atoms with Gasteiger partial charge in [-0.1, -0.05) is 37.9 Å². The molecule has 0 saturated heterocycles. The first-order valence-corrected chi connectivity index (χ1v) is 7.59. The Morgan fingerprint density at radius 2 is 2.32 bits per heavy atom. The van der Waals surface area contributed by atoms with Gasteiger partial charge >= 0.3 is 0 Å². The first-order valence-electron chi connectivity index (χ1n) is 6.71. The zero-order valence-electron chi connectivity index (χ0n) is 11.1. The Balaban J connectivity index is 2.08. The third kappa shape index (κ3) is 3.44. The quantitative estimate of drug-likeness (QED) is 0.350. The van der Waals surface area contributed by atoms with Crippen LogP contribution in [0.5, 0.6) is 0 Å². The van der Waals surface area contributed by atoms with Crippen molar-refractivity contribution in [2.45, 2.75) is 61.9 Å². The van der Waals surface area contributed by atoms with Crippen molar-refractivity contribution in [3.8, 4) is 0 Å². The van der Waals surface area contributed by atoms with Gasteiger partial charge in [0.2, 0.25) is 11.1 Å². The van der Waals surface area contributed by atoms with Crippen molar-refractivity contribution in [2.24, 2.45) is 5.84 Å². The normalized spacial score (nSPS) is 17.6. The summed E-state index contributed by atoms with van der Waals surface area (Å²) in [6.07, 6.45) is 6.33. The molecular formula is C11H20N6OS. The zero-order chi connectivity index (χ0) is 13.7. The molecule has 8 heteroatoms. The van der Waals surface area contributed by atoms with Crippen LogP contribution in [0.3, 0.4) is 0 Å². The lowest BCUT2D eigenvalue weighted by molar-refractivity contribution is -0.120. The van der Waals surface area contributed by atoms with Gasteiger partial charge in [-0.25, -0.2) is 10.5 Å². The molecule has 1 aromatic heterocycles. The number of nitrogens with two attached hydrogens (primary N) is 1. The van der Waals surface area contributed by atoms with Crippen LogP contribution in [0.2, 0.25) is 0 Å². The second kappa shape index (κ2) is 6.85. The molecule has 1 aromatic rings. The molecule has 0 aromatic carbocycles. The summed E-state index contributed by atoms with van der Waals surface area (Å²) in [7, 11) is 0. The number of hydrazine groups is 1. The lowest BCUT2D eigenvalue weighted by Gasteiger charge is -2.15. The van der Waals surface area contributed by atoms with Crippen LogP contribution < -0.4 is 11.3 Å². The summed E-state index contributed by atoms with van der Waals surface area (Å²) in [4.78, 5) is 11.7. The highest BCUT2D eigenvalue weighted by molar-refractivity contribution is 8.00. The van der Waals surface area contributed by atoms with Gasteiger partial charge in [-0.05, 0) is 29.7 Å². The Hall–Kier alpha value is -1.15. The summed E-state index contributed by atoms with van der Waals surface area (Å²) >= 11 is 1.40. The number of carbonyl (C=O) groups is 1. The van der Waals surface area contributed by atoms with Gasteiger partial charge in [-0.2, -0.15) is 0 Å². The van der Waals surface area contributed by atoms with Crippen molar-refractivity contribution in [1.82, 2.24) is 25.6 Å². The monoisotopic (exact) mass is 284 g/mol. The van der Waals surface area contributed by atoms with E-state index in [-0.39, 0.29) is 11.2 Å². The number of thioether (sulfide) groups is 1. The second-order valence-corrected chi connectivity index (χ2v) is 5.92. The molecule has 0 aliphatic heterocycles. The average Bonchev–Trinajstić information content (AvgIpc) is 3.07. The molecule has 3 N–H and O–H groups in total. The van der Waals surface area contributed by atoms with Gasteiger partial charge in [0.1, 0.15) is 0 Å². The van der Waals surface area contributed by atoms with Crippen molar-refractivity contribution in [2.75, 3.05) is 0 Å². The van der Waals surface area contributed by atoms with Gasteiger partial charge in [0.25, 0.3) is 0 Å². The Labute approximate surface area is 116 Å². The first-order chi connectivity index (χ1) is 9.26. The maximum Gasteiger partial charge on any atom is 0.247 e. The molecule has 0 spiro atoms. The number of hydrogen-bond donors (Lipinski definition) is 2. The summed E-state index contributed by atoms with van der Waals surface area (Å²) in [6.45, 7) is 2.04. The maximum absolute atomic E-state index is 11.7. The van der Waals surface area contributed by atoms with Crippen molar-refractivity contribution >= 4 is 17.7 Å². The smallest absolute Gasteiger partial charge is 0.247 e. The van der Waals surface area contributed by atoms with E-state index < -0.39 is 0 Å². The number of nitrogens with one attached hydrogen (secondary N) is 1. The van der Waals surface area contributed by atoms with Crippen molar-refractivity contribution in [3.63, 3.8) is 0 Å². The standard InChI is InChI=1S/C11H20N6OS/c1-2-5-9(10(18)13-12)19-11-14-15-16-17(11)8-6-3-4-7-8/h8-9H,2-7,12H2,1H3,(H,13,18). The summed E-state index contributed by atoms with van der Waals surface area (Å²) in [5, 5.41) is 12.3. The van der Waals surface area contributed by atoms with Crippen LogP contribution in [0.15, 0.2) is 5.16 Å². The predicted octanol–water partition coefficient (Wildman–Crippen LogP) is 1.04. The van der Waals surface area contributed by atoms with Crippen LogP contribution >= 0.6 is 11.8 Å². The Morgan fingerprint density at radius 3 is 2.95 bits per heavy atom. The molecule has 1 aliphatic rings. The topological polar surface area (TPSA) is 98.7 Å². The largest absolute Gasteiger partial charge is 0.293 e. The molecule has 2 rings (SSSR count). The second-order valence-electron chi connectivity index (χ2n) is 4.75. The summed E-state index contributed by atoms with van der Waals surface area (Å²) in [5.74, 6) is 5.05. The number of nitrogens with zero attached hydrogens (tertiary/aromatic N) is 4. The molecule has 1 aliphatic carbocycles. The summed E-state index contributed by atoms with van der Waals surface area (Å²) < 4.78 is 1.87. The van der Waals surface area contributed by atoms with E-state index >= 15 is 0 Å². The van der Waals surface area contributed by atoms with Crippen LogP contribution in [0.4, 0.5) is 0 Å². The fourth-order valence-electron chi connectivity index (χ4n) is 2.37. The molecule has 1 atom stereocenters. The third-order valence-corrected chi connectivity index (χ3v) is 4.58. The maximum atomic E-state index is 11.7. The highest BCUT2D eigenvalue weighted by atomic mass is 32.2. The number of carbonyl (C=O) groups excluding carboxylic acids is 1. The number of hydrogen-bond acceptors (Lipinski definition) is 6. The molecule has 106 valence electrons. The van der Waals surface area contributed by atoms with Crippen LogP contribution in [0, 0.1) is 0 Å². The fourth-order valence-corrected chi connectivity index (χ4v) is 3.53. The summed E-state index contributed by atoms with van der Waals surface area (Å²) in [6, 6.07) is 0.376. The molecule has 7 nitrogen and oxygen atoms in total. The number of tetrazole rings is 1. The molecule has 1 unspecified atom stereocenters. The highest BCUT2D eigenvalue weighted by Crippen LogP contribution is 2.33. The number of rotatable bonds is 6. The van der Waals surface area contributed by atoms with Crippen LogP contribution in [0.1, 0.15) is 51.5 Å². The third-order valence-electron chi connectivity index (χ3n) is 3.37. The van der Waals surface area contributed by atoms with E-state index in [1.54, 1.807) is 0 Å². The van der Waals surface area contributed by atoms with Gasteiger partial charge in [0.15, 0.2) is 0 Å². The van der Waals surface area contributed by atoms with E-state index in [2.05, 4.69) is 21.0 Å². The van der Waals surface area contributed by atoms with Crippen molar-refractivity contribution < 1.29 is 4.79 Å². The molecule has 1 saturated carbocycles. The molecule has 1 amide bonds. The highest BCUT2D eigenvalue weighted by Gasteiger charge is 2.26. The fraction of sp³-hybridized carbons (Fsp3) is 0.818. The van der Waals surface area contributed by atoms with Gasteiger partial charge in [0, 0.05) is 0 Å². The lowest BCUT2D eigenvalue weighted by atomic mass is 10.2. The van der Waals surface area contributed by atoms with Gasteiger partial charge < -0.3 is 0 Å². The lowest BCUT2D eigenvalue weighted by Crippen LogP contribution is -2.37. The number of aromatic nitrogens is 4. The first kappa shape index (κ1) is 14.3. The Morgan fingerprint density at radius 1 is 1.58 bits per heavy atom. The van der Waals surface area contributed by atoms with E-state index in [0.717, 1.165) is 25.7 Å². The molecule has 0 bridgehead atoms. The molecular weight excluding hydrogens is 264 g/mol. The van der Waals surface area contributed by atoms with E-state index in [4.69, 9.17) is 5.84 Å². The minimum absolute atomic E-state index is 0.173. The minimum Gasteiger partial charge on any atom is -0.293 e. The average molecular weight is 284 g/mol. The molecule has 1 fully saturated rings. The minimum atomic E-state index is -0.235. The number of amides is 1. The SMILES string of the molecule is CCCC(Sc1nnnn1C1CCCC1)C(=O)NN. The van der Waals surface area contributed by atoms with Gasteiger partial charge in [-0.3, -0.25) is 10.2 Å². The van der Waals surface area contributed by atoms with Crippen molar-refractivity contribution in [1.29, 1.82) is 0 Å². The van der Waals surface area contributed by atoms with E-state index in [9.17, 15) is 4.79 Å². The van der Waals surface area contributed by atoms with E-state index in [1.165, 1.54) is 24.6 Å². The molecule has 19 heavy (non-hydrogen) atoms. The van der Waals surface area contributed by atoms with Gasteiger partial charge in [0.05, 0.1) is 11.3 Å². The van der Waals surface area contributed by atoms with Crippen molar-refractivity contribution in [3.05, 3.63) is 0 Å². The molecule has 1 heterocycles. The Bertz CT molecular complexity index is 417. The van der Waals surface area contributed by atoms with E-state index in [0.29, 0.717) is 11.2 Å². The summed E-state index contributed by atoms with van der Waals surface area (Å²) in [5.41, 5.74) is 2.21. The Kier molecular flexibility index (Phi) is 5.15. The van der Waals surface area contributed by atoms with Crippen LogP contribution in [-0.4, -0.2) is 31.4 Å². The van der Waals surface area contributed by atoms with Crippen LogP contribution in [-0.2, 0) is 4.79 Å². The molecule has 0 radical (unpaired) electrons. The predicted molar refractivity (Wildman–Crippen MR) is 72.2 cm³/mol. The van der Waals surface area contributed by atoms with E-state index in [1.807, 2.05) is 11.6 Å².